The van der Waals surface area contributed by atoms with Crippen molar-refractivity contribution in [1.29, 1.82) is 0 Å². The molecule has 0 saturated heterocycles. The molecule has 0 saturated carbocycles. The molecular weight excluding hydrogens is 200 g/mol. The number of aliphatic hydroxyl groups excluding tert-OH is 1. The van der Waals surface area contributed by atoms with Gasteiger partial charge < -0.3 is 16.2 Å². The Morgan fingerprint density at radius 2 is 2.07 bits per heavy atom. The van der Waals surface area contributed by atoms with Gasteiger partial charge in [0.05, 0.1) is 19.0 Å². The molecule has 0 aromatic carbocycles. The van der Waals surface area contributed by atoms with E-state index >= 15 is 0 Å². The summed E-state index contributed by atoms with van der Waals surface area (Å²) in [5.41, 5.74) is 4.88. The number of hydrogen-bond acceptors (Lipinski definition) is 5. The highest BCUT2D eigenvalue weighted by Crippen LogP contribution is 1.95. The van der Waals surface area contributed by atoms with Crippen molar-refractivity contribution in [3.8, 4) is 0 Å². The second kappa shape index (κ2) is 5.01. The Bertz CT molecular complexity index is 380. The van der Waals surface area contributed by atoms with Gasteiger partial charge in [0.2, 0.25) is 0 Å². The van der Waals surface area contributed by atoms with E-state index in [-0.39, 0.29) is 24.5 Å². The number of nitrogens with one attached hydrogen (secondary N) is 1. The van der Waals surface area contributed by atoms with Crippen molar-refractivity contribution in [2.75, 3.05) is 13.2 Å². The molecule has 0 spiro atoms. The average Bonchev–Trinajstić information content (AvgIpc) is 2.26. The van der Waals surface area contributed by atoms with Crippen LogP contribution in [0, 0.1) is 0 Å². The van der Waals surface area contributed by atoms with Crippen LogP contribution in [0.2, 0.25) is 0 Å². The summed E-state index contributed by atoms with van der Waals surface area (Å²) in [5.74, 6) is -1.26. The maximum Gasteiger partial charge on any atom is 0.271 e. The fourth-order valence-electron chi connectivity index (χ4n) is 0.854. The van der Waals surface area contributed by atoms with Crippen molar-refractivity contribution in [2.24, 2.45) is 5.73 Å². The minimum absolute atomic E-state index is 0.0141. The first-order valence-corrected chi connectivity index (χ1v) is 4.16. The lowest BCUT2D eigenvalue weighted by atomic mass is 10.3. The topological polar surface area (TPSA) is 118 Å². The number of nitrogens with two attached hydrogens (primary N) is 1. The number of aliphatic hydroxyl groups is 1. The van der Waals surface area contributed by atoms with Crippen LogP contribution in [-0.4, -0.2) is 40.0 Å². The van der Waals surface area contributed by atoms with Gasteiger partial charge in [0, 0.05) is 6.54 Å². The summed E-state index contributed by atoms with van der Waals surface area (Å²) in [5, 5.41) is 10.9. The van der Waals surface area contributed by atoms with Crippen molar-refractivity contribution >= 4 is 11.8 Å². The van der Waals surface area contributed by atoms with E-state index in [1.54, 1.807) is 0 Å². The van der Waals surface area contributed by atoms with Gasteiger partial charge in [0.1, 0.15) is 11.4 Å². The molecule has 0 unspecified atom stereocenters. The molecule has 7 heteroatoms. The van der Waals surface area contributed by atoms with Crippen LogP contribution in [0.4, 0.5) is 0 Å². The number of carbonyl (C=O) groups excluding carboxylic acids is 2. The number of amides is 2. The van der Waals surface area contributed by atoms with E-state index < -0.39 is 11.8 Å². The molecule has 0 radical (unpaired) electrons. The number of carbonyl (C=O) groups is 2. The number of aromatic nitrogens is 2. The van der Waals surface area contributed by atoms with Gasteiger partial charge in [-0.15, -0.1) is 0 Å². The zero-order chi connectivity index (χ0) is 11.3. The number of rotatable bonds is 4. The van der Waals surface area contributed by atoms with Crippen LogP contribution < -0.4 is 11.1 Å². The Morgan fingerprint density at radius 3 is 2.67 bits per heavy atom. The Hall–Kier alpha value is -2.02. The highest BCUT2D eigenvalue weighted by molar-refractivity contribution is 5.95. The summed E-state index contributed by atoms with van der Waals surface area (Å²) in [6, 6.07) is 0. The second-order valence-electron chi connectivity index (χ2n) is 2.63. The molecule has 2 amide bonds. The lowest BCUT2D eigenvalue weighted by Crippen LogP contribution is -2.28. The molecule has 1 heterocycles. The minimum atomic E-state index is -0.751. The highest BCUT2D eigenvalue weighted by atomic mass is 16.3. The quantitative estimate of drug-likeness (QED) is 0.547. The zero-order valence-corrected chi connectivity index (χ0v) is 7.80. The van der Waals surface area contributed by atoms with Gasteiger partial charge in [-0.25, -0.2) is 4.98 Å². The highest BCUT2D eigenvalue weighted by Gasteiger charge is 2.10. The van der Waals surface area contributed by atoms with E-state index in [0.29, 0.717) is 0 Å². The molecule has 0 bridgehead atoms. The van der Waals surface area contributed by atoms with E-state index in [1.807, 2.05) is 0 Å². The monoisotopic (exact) mass is 210 g/mol. The van der Waals surface area contributed by atoms with E-state index in [1.165, 1.54) is 12.4 Å². The van der Waals surface area contributed by atoms with Gasteiger partial charge in [0.15, 0.2) is 0 Å². The summed E-state index contributed by atoms with van der Waals surface area (Å²) in [7, 11) is 0. The molecule has 0 aliphatic carbocycles. The van der Waals surface area contributed by atoms with Crippen LogP contribution in [-0.2, 0) is 0 Å². The summed E-state index contributed by atoms with van der Waals surface area (Å²) < 4.78 is 0. The summed E-state index contributed by atoms with van der Waals surface area (Å²) in [6.45, 7) is -0.0595. The maximum absolute atomic E-state index is 11.3. The fourth-order valence-corrected chi connectivity index (χ4v) is 0.854. The van der Waals surface area contributed by atoms with Crippen molar-refractivity contribution in [1.82, 2.24) is 15.3 Å². The third kappa shape index (κ3) is 2.99. The molecule has 7 nitrogen and oxygen atoms in total. The van der Waals surface area contributed by atoms with Crippen molar-refractivity contribution in [3.63, 3.8) is 0 Å². The maximum atomic E-state index is 11.3. The Balaban J connectivity index is 2.81. The van der Waals surface area contributed by atoms with E-state index in [4.69, 9.17) is 10.8 Å². The van der Waals surface area contributed by atoms with Crippen LogP contribution in [0.5, 0.6) is 0 Å². The first kappa shape index (κ1) is 11.1. The third-order valence-electron chi connectivity index (χ3n) is 1.52. The van der Waals surface area contributed by atoms with Gasteiger partial charge in [-0.1, -0.05) is 0 Å². The predicted octanol–water partition coefficient (Wildman–Crippen LogP) is -1.70. The standard InChI is InChI=1S/C8H10N4O3/c9-7(14)5-3-10-4-6(12-5)8(15)11-1-2-13/h3-4,13H,1-2H2,(H2,9,14)(H,11,15). The Kier molecular flexibility index (Phi) is 3.69. The fraction of sp³-hybridized carbons (Fsp3) is 0.250. The molecule has 0 atom stereocenters. The molecule has 0 fully saturated rings. The number of hydrogen-bond donors (Lipinski definition) is 3. The lowest BCUT2D eigenvalue weighted by molar-refractivity contribution is 0.0939. The minimum Gasteiger partial charge on any atom is -0.395 e. The lowest BCUT2D eigenvalue weighted by Gasteiger charge is -2.02. The van der Waals surface area contributed by atoms with E-state index in [9.17, 15) is 9.59 Å². The predicted molar refractivity (Wildman–Crippen MR) is 50.0 cm³/mol. The summed E-state index contributed by atoms with van der Waals surface area (Å²) in [4.78, 5) is 29.4. The normalized spacial score (nSPS) is 9.67. The van der Waals surface area contributed by atoms with Gasteiger partial charge in [-0.05, 0) is 0 Å². The molecule has 1 aromatic rings. The zero-order valence-electron chi connectivity index (χ0n) is 7.80. The number of nitrogens with zero attached hydrogens (tertiary/aromatic N) is 2. The van der Waals surface area contributed by atoms with Crippen LogP contribution in [0.15, 0.2) is 12.4 Å². The molecule has 4 N–H and O–H groups in total. The molecule has 0 aliphatic heterocycles. The van der Waals surface area contributed by atoms with Gasteiger partial charge in [-0.2, -0.15) is 0 Å². The first-order valence-electron chi connectivity index (χ1n) is 4.16. The molecular formula is C8H10N4O3. The Morgan fingerprint density at radius 1 is 1.40 bits per heavy atom. The van der Waals surface area contributed by atoms with Crippen LogP contribution in [0.1, 0.15) is 21.0 Å². The SMILES string of the molecule is NC(=O)c1cncc(C(=O)NCCO)n1. The van der Waals surface area contributed by atoms with E-state index in [0.717, 1.165) is 0 Å². The molecule has 15 heavy (non-hydrogen) atoms. The van der Waals surface area contributed by atoms with Crippen LogP contribution in [0.3, 0.4) is 0 Å². The largest absolute Gasteiger partial charge is 0.395 e. The Labute approximate surface area is 85.3 Å². The third-order valence-corrected chi connectivity index (χ3v) is 1.52. The summed E-state index contributed by atoms with van der Waals surface area (Å²) >= 11 is 0. The van der Waals surface area contributed by atoms with Crippen molar-refractivity contribution in [3.05, 3.63) is 23.8 Å². The van der Waals surface area contributed by atoms with E-state index in [2.05, 4.69) is 15.3 Å². The molecule has 1 aromatic heterocycles. The number of primary amides is 1. The summed E-state index contributed by atoms with van der Waals surface area (Å²) in [6.07, 6.45) is 2.38. The van der Waals surface area contributed by atoms with Gasteiger partial charge in [0.25, 0.3) is 11.8 Å². The molecule has 0 aliphatic rings. The van der Waals surface area contributed by atoms with Crippen molar-refractivity contribution < 1.29 is 14.7 Å². The van der Waals surface area contributed by atoms with Crippen molar-refractivity contribution in [2.45, 2.75) is 0 Å². The smallest absolute Gasteiger partial charge is 0.271 e. The van der Waals surface area contributed by atoms with Gasteiger partial charge >= 0.3 is 0 Å². The second-order valence-corrected chi connectivity index (χ2v) is 2.63. The van der Waals surface area contributed by atoms with Crippen LogP contribution >= 0.6 is 0 Å². The molecule has 1 rings (SSSR count). The van der Waals surface area contributed by atoms with Crippen LogP contribution in [0.25, 0.3) is 0 Å². The molecule has 80 valence electrons. The first-order chi connectivity index (χ1) is 7.15. The van der Waals surface area contributed by atoms with Gasteiger partial charge in [-0.3, -0.25) is 14.6 Å². The average molecular weight is 210 g/mol.